The van der Waals surface area contributed by atoms with E-state index in [-0.39, 0.29) is 24.2 Å². The zero-order chi connectivity index (χ0) is 17.6. The van der Waals surface area contributed by atoms with Crippen LogP contribution in [0.15, 0.2) is 36.4 Å². The summed E-state index contributed by atoms with van der Waals surface area (Å²) in [6.07, 6.45) is 6.66. The van der Waals surface area contributed by atoms with Crippen molar-refractivity contribution in [2.45, 2.75) is 19.3 Å². The number of hydrogen-bond acceptors (Lipinski definition) is 2. The van der Waals surface area contributed by atoms with Gasteiger partial charge in [-0.1, -0.05) is 24.3 Å². The molecule has 2 aliphatic rings. The standard InChI is InChI=1S/C19H24FN3O2/c20-17-7-3-4-14(10-17)11-18(24)21-8-9-22-19(25)23-12-15-5-1-2-6-16(15)13-23/h1-4,7,10,15-16H,5-6,8-9,11-13H2,(H,21,24)(H,22,25)/t15-,16-/m0/s1. The monoisotopic (exact) mass is 345 g/mol. The minimum atomic E-state index is -0.348. The molecule has 1 aromatic carbocycles. The molecule has 3 amide bonds. The predicted molar refractivity (Wildman–Crippen MR) is 93.4 cm³/mol. The number of fused-ring (bicyclic) bond motifs is 1. The third-order valence-electron chi connectivity index (χ3n) is 4.89. The number of carbonyl (C=O) groups is 2. The molecule has 0 unspecified atom stereocenters. The van der Waals surface area contributed by atoms with E-state index in [1.54, 1.807) is 12.1 Å². The number of urea groups is 1. The fourth-order valence-electron chi connectivity index (χ4n) is 3.56. The number of halogens is 1. The van der Waals surface area contributed by atoms with E-state index < -0.39 is 0 Å². The summed E-state index contributed by atoms with van der Waals surface area (Å²) in [5.41, 5.74) is 0.634. The average Bonchev–Trinajstić information content (AvgIpc) is 3.03. The lowest BCUT2D eigenvalue weighted by atomic mass is 9.86. The summed E-state index contributed by atoms with van der Waals surface area (Å²) in [5.74, 6) is 0.639. The molecule has 6 heteroatoms. The molecule has 1 heterocycles. The van der Waals surface area contributed by atoms with Crippen LogP contribution in [-0.2, 0) is 11.2 Å². The number of amides is 3. The predicted octanol–water partition coefficient (Wildman–Crippen LogP) is 2.09. The summed E-state index contributed by atoms with van der Waals surface area (Å²) in [6.45, 7) is 2.37. The number of allylic oxidation sites excluding steroid dienone is 2. The highest BCUT2D eigenvalue weighted by molar-refractivity contribution is 5.78. The van der Waals surface area contributed by atoms with Crippen molar-refractivity contribution in [1.82, 2.24) is 15.5 Å². The van der Waals surface area contributed by atoms with E-state index in [4.69, 9.17) is 0 Å². The second-order valence-electron chi connectivity index (χ2n) is 6.76. The quantitative estimate of drug-likeness (QED) is 0.634. The van der Waals surface area contributed by atoms with Crippen molar-refractivity contribution in [3.8, 4) is 0 Å². The van der Waals surface area contributed by atoms with Crippen LogP contribution in [0.3, 0.4) is 0 Å². The highest BCUT2D eigenvalue weighted by atomic mass is 19.1. The molecule has 25 heavy (non-hydrogen) atoms. The highest BCUT2D eigenvalue weighted by Crippen LogP contribution is 2.32. The summed E-state index contributed by atoms with van der Waals surface area (Å²) in [5, 5.41) is 5.60. The minimum absolute atomic E-state index is 0.0613. The van der Waals surface area contributed by atoms with E-state index in [9.17, 15) is 14.0 Å². The van der Waals surface area contributed by atoms with Gasteiger partial charge in [-0.05, 0) is 42.4 Å². The van der Waals surface area contributed by atoms with Gasteiger partial charge >= 0.3 is 6.03 Å². The molecule has 1 saturated heterocycles. The maximum absolute atomic E-state index is 13.1. The van der Waals surface area contributed by atoms with Gasteiger partial charge in [-0.25, -0.2) is 9.18 Å². The molecule has 0 saturated carbocycles. The fourth-order valence-corrected chi connectivity index (χ4v) is 3.56. The van der Waals surface area contributed by atoms with Gasteiger partial charge in [0.05, 0.1) is 6.42 Å². The first-order valence-corrected chi connectivity index (χ1v) is 8.81. The first-order valence-electron chi connectivity index (χ1n) is 8.81. The lowest BCUT2D eigenvalue weighted by Crippen LogP contribution is -2.42. The van der Waals surface area contributed by atoms with Gasteiger partial charge in [-0.15, -0.1) is 0 Å². The smallest absolute Gasteiger partial charge is 0.317 e. The Bertz CT molecular complexity index is 646. The third-order valence-corrected chi connectivity index (χ3v) is 4.89. The van der Waals surface area contributed by atoms with Crippen LogP contribution in [-0.4, -0.2) is 43.0 Å². The molecule has 1 fully saturated rings. The summed E-state index contributed by atoms with van der Waals surface area (Å²) < 4.78 is 13.1. The van der Waals surface area contributed by atoms with Gasteiger partial charge in [0, 0.05) is 26.2 Å². The Morgan fingerprint density at radius 2 is 1.76 bits per heavy atom. The Labute approximate surface area is 147 Å². The fraction of sp³-hybridized carbons (Fsp3) is 0.474. The van der Waals surface area contributed by atoms with Gasteiger partial charge in [-0.3, -0.25) is 4.79 Å². The van der Waals surface area contributed by atoms with E-state index in [1.807, 2.05) is 4.90 Å². The molecule has 0 spiro atoms. The molecule has 134 valence electrons. The van der Waals surface area contributed by atoms with E-state index in [0.717, 1.165) is 25.9 Å². The van der Waals surface area contributed by atoms with Gasteiger partial charge in [0.1, 0.15) is 5.82 Å². The normalized spacial score (nSPS) is 21.7. The summed E-state index contributed by atoms with van der Waals surface area (Å²) in [6, 6.07) is 5.94. The van der Waals surface area contributed by atoms with Crippen LogP contribution in [0, 0.1) is 17.7 Å². The molecular formula is C19H24FN3O2. The van der Waals surface area contributed by atoms with Crippen LogP contribution in [0.2, 0.25) is 0 Å². The zero-order valence-corrected chi connectivity index (χ0v) is 14.2. The molecule has 5 nitrogen and oxygen atoms in total. The van der Waals surface area contributed by atoms with Gasteiger partial charge < -0.3 is 15.5 Å². The Morgan fingerprint density at radius 1 is 1.08 bits per heavy atom. The number of rotatable bonds is 5. The summed E-state index contributed by atoms with van der Waals surface area (Å²) >= 11 is 0. The number of nitrogens with one attached hydrogen (secondary N) is 2. The first-order chi connectivity index (χ1) is 12.1. The molecule has 1 aliphatic heterocycles. The van der Waals surface area contributed by atoms with Crippen LogP contribution in [0.1, 0.15) is 18.4 Å². The number of hydrogen-bond donors (Lipinski definition) is 2. The molecule has 0 bridgehead atoms. The molecule has 0 radical (unpaired) electrons. The number of benzene rings is 1. The molecule has 2 atom stereocenters. The second-order valence-corrected chi connectivity index (χ2v) is 6.76. The minimum Gasteiger partial charge on any atom is -0.354 e. The van der Waals surface area contributed by atoms with Gasteiger partial charge in [-0.2, -0.15) is 0 Å². The van der Waals surface area contributed by atoms with Crippen molar-refractivity contribution < 1.29 is 14.0 Å². The molecular weight excluding hydrogens is 321 g/mol. The van der Waals surface area contributed by atoms with E-state index in [2.05, 4.69) is 22.8 Å². The van der Waals surface area contributed by atoms with E-state index >= 15 is 0 Å². The van der Waals surface area contributed by atoms with Crippen LogP contribution in [0.4, 0.5) is 9.18 Å². The first kappa shape index (κ1) is 17.5. The van der Waals surface area contributed by atoms with Gasteiger partial charge in [0.2, 0.25) is 5.91 Å². The molecule has 3 rings (SSSR count). The maximum atomic E-state index is 13.1. The number of nitrogens with zero attached hydrogens (tertiary/aromatic N) is 1. The highest BCUT2D eigenvalue weighted by Gasteiger charge is 2.34. The topological polar surface area (TPSA) is 61.4 Å². The largest absolute Gasteiger partial charge is 0.354 e. The molecule has 1 aliphatic carbocycles. The summed E-state index contributed by atoms with van der Waals surface area (Å²) in [4.78, 5) is 25.9. The Kier molecular flexibility index (Phi) is 5.68. The van der Waals surface area contributed by atoms with E-state index in [1.165, 1.54) is 12.1 Å². The molecule has 0 aromatic heterocycles. The van der Waals surface area contributed by atoms with Gasteiger partial charge in [0.25, 0.3) is 0 Å². The van der Waals surface area contributed by atoms with Crippen LogP contribution in [0.5, 0.6) is 0 Å². The van der Waals surface area contributed by atoms with Crippen molar-refractivity contribution >= 4 is 11.9 Å². The third kappa shape index (κ3) is 4.81. The SMILES string of the molecule is O=C(Cc1cccc(F)c1)NCCNC(=O)N1C[C@@H]2CC=CC[C@H]2C1. The van der Waals surface area contributed by atoms with Crippen molar-refractivity contribution in [2.24, 2.45) is 11.8 Å². The van der Waals surface area contributed by atoms with Crippen LogP contribution < -0.4 is 10.6 Å². The van der Waals surface area contributed by atoms with Crippen LogP contribution >= 0.6 is 0 Å². The number of likely N-dealkylation sites (tertiary alicyclic amines) is 1. The van der Waals surface area contributed by atoms with Crippen molar-refractivity contribution in [2.75, 3.05) is 26.2 Å². The lowest BCUT2D eigenvalue weighted by molar-refractivity contribution is -0.120. The zero-order valence-electron chi connectivity index (χ0n) is 14.2. The Balaban J connectivity index is 1.33. The summed E-state index contributed by atoms with van der Waals surface area (Å²) in [7, 11) is 0. The molecule has 1 aromatic rings. The van der Waals surface area contributed by atoms with Crippen molar-refractivity contribution in [3.05, 3.63) is 47.8 Å². The molecule has 2 N–H and O–H groups in total. The maximum Gasteiger partial charge on any atom is 0.317 e. The second kappa shape index (κ2) is 8.14. The van der Waals surface area contributed by atoms with E-state index in [0.29, 0.717) is 30.5 Å². The number of carbonyl (C=O) groups excluding carboxylic acids is 2. The Morgan fingerprint density at radius 3 is 2.44 bits per heavy atom. The van der Waals surface area contributed by atoms with Crippen LogP contribution in [0.25, 0.3) is 0 Å². The van der Waals surface area contributed by atoms with Crippen molar-refractivity contribution in [1.29, 1.82) is 0 Å². The van der Waals surface area contributed by atoms with Crippen molar-refractivity contribution in [3.63, 3.8) is 0 Å². The average molecular weight is 345 g/mol. The van der Waals surface area contributed by atoms with Gasteiger partial charge in [0.15, 0.2) is 0 Å². The Hall–Kier alpha value is -2.37. The lowest BCUT2D eigenvalue weighted by Gasteiger charge is -2.17.